The molecule has 0 unspecified atom stereocenters. The van der Waals surface area contributed by atoms with Crippen molar-refractivity contribution in [3.63, 3.8) is 0 Å². The second-order valence-electron chi connectivity index (χ2n) is 7.33. The lowest BCUT2D eigenvalue weighted by Crippen LogP contribution is -2.49. The predicted molar refractivity (Wildman–Crippen MR) is 115 cm³/mol. The minimum Gasteiger partial charge on any atom is -0.315 e. The average Bonchev–Trinajstić information content (AvgIpc) is 2.77. The SMILES string of the molecule is C[C@@](CCn1ccc(-c2ccc(-c3cccnn3)cc2)cc1=O)(C(=O)NO)S(C)(=O)=O. The number of sulfone groups is 1. The van der Waals surface area contributed by atoms with Gasteiger partial charge in [0.15, 0.2) is 14.6 Å². The van der Waals surface area contributed by atoms with Crippen LogP contribution in [0.4, 0.5) is 0 Å². The Morgan fingerprint density at radius 2 is 1.81 bits per heavy atom. The van der Waals surface area contributed by atoms with Gasteiger partial charge in [-0.25, -0.2) is 13.9 Å². The molecule has 0 fully saturated rings. The number of aromatic nitrogens is 3. The fourth-order valence-corrected chi connectivity index (χ4v) is 3.92. The Labute approximate surface area is 179 Å². The van der Waals surface area contributed by atoms with Crippen LogP contribution in [0.15, 0.2) is 65.7 Å². The van der Waals surface area contributed by atoms with Crippen molar-refractivity contribution < 1.29 is 18.4 Å². The summed E-state index contributed by atoms with van der Waals surface area (Å²) in [6.07, 6.45) is 3.89. The molecule has 162 valence electrons. The monoisotopic (exact) mass is 442 g/mol. The molecule has 2 heterocycles. The fourth-order valence-electron chi connectivity index (χ4n) is 3.08. The number of carbonyl (C=O) groups excluding carboxylic acids is 1. The first-order valence-electron chi connectivity index (χ1n) is 9.39. The zero-order valence-corrected chi connectivity index (χ0v) is 17.8. The van der Waals surface area contributed by atoms with Crippen LogP contribution in [-0.4, -0.2) is 45.3 Å². The van der Waals surface area contributed by atoms with Crippen LogP contribution in [0.25, 0.3) is 22.4 Å². The number of pyridine rings is 1. The molecule has 1 aromatic carbocycles. The number of nitrogens with zero attached hydrogens (tertiary/aromatic N) is 3. The van der Waals surface area contributed by atoms with E-state index in [0.717, 1.165) is 23.1 Å². The van der Waals surface area contributed by atoms with Gasteiger partial charge in [0, 0.05) is 36.8 Å². The lowest BCUT2D eigenvalue weighted by Gasteiger charge is -2.25. The van der Waals surface area contributed by atoms with Crippen LogP contribution in [0.3, 0.4) is 0 Å². The Bertz CT molecular complexity index is 1240. The molecule has 1 atom stereocenters. The van der Waals surface area contributed by atoms with Crippen LogP contribution in [0, 0.1) is 0 Å². The van der Waals surface area contributed by atoms with Crippen LogP contribution in [-0.2, 0) is 21.2 Å². The van der Waals surface area contributed by atoms with Gasteiger partial charge in [-0.1, -0.05) is 24.3 Å². The van der Waals surface area contributed by atoms with E-state index in [1.807, 2.05) is 30.3 Å². The molecule has 0 aliphatic carbocycles. The summed E-state index contributed by atoms with van der Waals surface area (Å²) in [5, 5.41) is 16.8. The number of aryl methyl sites for hydroxylation is 1. The largest absolute Gasteiger partial charge is 0.315 e. The Balaban J connectivity index is 1.80. The molecule has 3 rings (SSSR count). The molecule has 2 N–H and O–H groups in total. The summed E-state index contributed by atoms with van der Waals surface area (Å²) in [6.45, 7) is 1.20. The third-order valence-corrected chi connectivity index (χ3v) is 7.34. The second kappa shape index (κ2) is 8.78. The van der Waals surface area contributed by atoms with Gasteiger partial charge in [-0.2, -0.15) is 10.2 Å². The maximum atomic E-state index is 12.6. The lowest BCUT2D eigenvalue weighted by molar-refractivity contribution is -0.131. The van der Waals surface area contributed by atoms with Crippen molar-refractivity contribution in [3.8, 4) is 22.4 Å². The van der Waals surface area contributed by atoms with E-state index < -0.39 is 20.5 Å². The molecule has 9 nitrogen and oxygen atoms in total. The van der Waals surface area contributed by atoms with Crippen molar-refractivity contribution in [2.75, 3.05) is 6.26 Å². The highest BCUT2D eigenvalue weighted by Gasteiger charge is 2.43. The quantitative estimate of drug-likeness (QED) is 0.420. The number of hydrogen-bond donors (Lipinski definition) is 2. The summed E-state index contributed by atoms with van der Waals surface area (Å²) >= 11 is 0. The zero-order valence-electron chi connectivity index (χ0n) is 17.0. The Morgan fingerprint density at radius 1 is 1.13 bits per heavy atom. The van der Waals surface area contributed by atoms with Crippen molar-refractivity contribution in [2.45, 2.75) is 24.6 Å². The van der Waals surface area contributed by atoms with E-state index in [0.29, 0.717) is 5.56 Å². The van der Waals surface area contributed by atoms with E-state index in [-0.39, 0.29) is 18.5 Å². The molecule has 31 heavy (non-hydrogen) atoms. The van der Waals surface area contributed by atoms with Crippen molar-refractivity contribution in [1.29, 1.82) is 0 Å². The van der Waals surface area contributed by atoms with E-state index in [2.05, 4.69) is 10.2 Å². The summed E-state index contributed by atoms with van der Waals surface area (Å²) < 4.78 is 23.6. The molecule has 2 aromatic heterocycles. The molecule has 3 aromatic rings. The number of hydroxylamine groups is 1. The number of rotatable bonds is 7. The first-order chi connectivity index (χ1) is 14.7. The summed E-state index contributed by atoms with van der Waals surface area (Å²) in [6, 6.07) is 14.3. The first kappa shape index (κ1) is 22.3. The van der Waals surface area contributed by atoms with E-state index >= 15 is 0 Å². The third kappa shape index (κ3) is 4.70. The van der Waals surface area contributed by atoms with Gasteiger partial charge < -0.3 is 4.57 Å². The topological polar surface area (TPSA) is 131 Å². The zero-order chi connectivity index (χ0) is 22.6. The van der Waals surface area contributed by atoms with E-state index in [4.69, 9.17) is 5.21 Å². The van der Waals surface area contributed by atoms with Crippen LogP contribution >= 0.6 is 0 Å². The van der Waals surface area contributed by atoms with Crippen LogP contribution < -0.4 is 11.0 Å². The number of hydrogen-bond acceptors (Lipinski definition) is 7. The highest BCUT2D eigenvalue weighted by molar-refractivity contribution is 7.92. The van der Waals surface area contributed by atoms with E-state index in [1.165, 1.54) is 23.0 Å². The van der Waals surface area contributed by atoms with Gasteiger partial charge in [-0.15, -0.1) is 0 Å². The Kier molecular flexibility index (Phi) is 6.32. The summed E-state index contributed by atoms with van der Waals surface area (Å²) in [5.41, 5.74) is 4.23. The lowest BCUT2D eigenvalue weighted by atomic mass is 10.0. The summed E-state index contributed by atoms with van der Waals surface area (Å²) in [7, 11) is -3.83. The molecular weight excluding hydrogens is 420 g/mol. The predicted octanol–water partition coefficient (Wildman–Crippen LogP) is 1.67. The molecular formula is C21H22N4O5S. The summed E-state index contributed by atoms with van der Waals surface area (Å²) in [4.78, 5) is 24.5. The molecule has 0 aliphatic heterocycles. The van der Waals surface area contributed by atoms with Crippen molar-refractivity contribution in [2.24, 2.45) is 0 Å². The number of amides is 1. The standard InChI is InChI=1S/C21H22N4O5S/c1-21(20(27)24-28,31(2,29)30)10-13-25-12-9-17(14-19(25)26)15-5-7-16(8-6-15)18-4-3-11-22-23-18/h3-9,11-12,14,28H,10,13H2,1-2H3,(H,24,27)/t21-/m1/s1. The van der Waals surface area contributed by atoms with E-state index in [9.17, 15) is 18.0 Å². The normalized spacial score (nSPS) is 13.4. The molecule has 0 saturated carbocycles. The number of nitrogens with one attached hydrogen (secondary N) is 1. The highest BCUT2D eigenvalue weighted by atomic mass is 32.2. The maximum Gasteiger partial charge on any atom is 0.264 e. The van der Waals surface area contributed by atoms with Gasteiger partial charge in [0.2, 0.25) is 0 Å². The maximum absolute atomic E-state index is 12.6. The Morgan fingerprint density at radius 3 is 2.35 bits per heavy atom. The molecule has 1 amide bonds. The van der Waals surface area contributed by atoms with Crippen molar-refractivity contribution in [3.05, 3.63) is 71.3 Å². The van der Waals surface area contributed by atoms with Gasteiger partial charge in [0.1, 0.15) is 0 Å². The second-order valence-corrected chi connectivity index (χ2v) is 9.77. The van der Waals surface area contributed by atoms with Crippen LogP contribution in [0.2, 0.25) is 0 Å². The molecule has 0 spiro atoms. The highest BCUT2D eigenvalue weighted by Crippen LogP contribution is 2.24. The van der Waals surface area contributed by atoms with Gasteiger partial charge in [-0.05, 0) is 42.7 Å². The molecule has 0 radical (unpaired) electrons. The smallest absolute Gasteiger partial charge is 0.264 e. The third-order valence-electron chi connectivity index (χ3n) is 5.31. The van der Waals surface area contributed by atoms with Gasteiger partial charge in [-0.3, -0.25) is 14.8 Å². The number of carbonyl (C=O) groups is 1. The van der Waals surface area contributed by atoms with Crippen molar-refractivity contribution in [1.82, 2.24) is 20.2 Å². The minimum absolute atomic E-state index is 0.0122. The first-order valence-corrected chi connectivity index (χ1v) is 11.3. The van der Waals surface area contributed by atoms with Gasteiger partial charge >= 0.3 is 0 Å². The molecule has 10 heteroatoms. The molecule has 0 bridgehead atoms. The summed E-state index contributed by atoms with van der Waals surface area (Å²) in [5.74, 6) is -1.04. The minimum atomic E-state index is -3.83. The number of benzene rings is 1. The fraction of sp³-hybridized carbons (Fsp3) is 0.238. The van der Waals surface area contributed by atoms with Gasteiger partial charge in [0.25, 0.3) is 11.5 Å². The van der Waals surface area contributed by atoms with Crippen LogP contribution in [0.5, 0.6) is 0 Å². The molecule has 0 aliphatic rings. The van der Waals surface area contributed by atoms with Gasteiger partial charge in [0.05, 0.1) is 5.69 Å². The van der Waals surface area contributed by atoms with Crippen LogP contribution in [0.1, 0.15) is 13.3 Å². The molecule has 0 saturated heterocycles. The van der Waals surface area contributed by atoms with E-state index in [1.54, 1.807) is 24.5 Å². The van der Waals surface area contributed by atoms with Crippen molar-refractivity contribution >= 4 is 15.7 Å². The average molecular weight is 442 g/mol. The Hall–Kier alpha value is -3.37.